The number of ether oxygens (including phenoxy) is 1. The van der Waals surface area contributed by atoms with Crippen LogP contribution < -0.4 is 10.1 Å². The summed E-state index contributed by atoms with van der Waals surface area (Å²) in [6, 6.07) is 4.66. The van der Waals surface area contributed by atoms with E-state index in [0.29, 0.717) is 22.4 Å². The summed E-state index contributed by atoms with van der Waals surface area (Å²) in [4.78, 5) is 7.68. The number of methoxy groups -OCH3 is 1. The van der Waals surface area contributed by atoms with E-state index in [1.165, 1.54) is 19.4 Å². The molecule has 0 aliphatic carbocycles. The molecule has 0 aliphatic rings. The second kappa shape index (κ2) is 7.26. The Morgan fingerprint density at radius 2 is 1.96 bits per heavy atom. The lowest BCUT2D eigenvalue weighted by molar-refractivity contribution is -0.115. The third-order valence-electron chi connectivity index (χ3n) is 3.15. The first-order valence-corrected chi connectivity index (χ1v) is 9.11. The van der Waals surface area contributed by atoms with Crippen LogP contribution in [0.4, 0.5) is 19.0 Å². The minimum absolute atomic E-state index is 0.00138. The number of hydrogen-bond acceptors (Lipinski definition) is 6. The Bertz CT molecular complexity index is 855. The van der Waals surface area contributed by atoms with Gasteiger partial charge in [-0.25, -0.2) is 18.4 Å². The van der Waals surface area contributed by atoms with E-state index >= 15 is 0 Å². The molecule has 0 unspecified atom stereocenters. The number of benzene rings is 1. The van der Waals surface area contributed by atoms with Crippen LogP contribution in [-0.4, -0.2) is 44.5 Å². The first-order chi connectivity index (χ1) is 11.6. The predicted octanol–water partition coefficient (Wildman–Crippen LogP) is 2.67. The molecule has 0 saturated carbocycles. The van der Waals surface area contributed by atoms with Gasteiger partial charge < -0.3 is 10.1 Å². The fourth-order valence-corrected chi connectivity index (χ4v) is 2.99. The van der Waals surface area contributed by atoms with Crippen LogP contribution in [0, 0.1) is 0 Å². The standard InChI is InChI=1S/C15H16F3N3O3S/c1-24-13-5-10(7-25(2,22)23)3-4-11(13)12-6-19-9-21-14(12)20-8-15(16,17)18/h3-6,9H,7-8H2,1-2H3,(H,19,20,21). The van der Waals surface area contributed by atoms with E-state index < -0.39 is 22.6 Å². The summed E-state index contributed by atoms with van der Waals surface area (Å²) in [5, 5.41) is 2.23. The molecule has 0 aliphatic heterocycles. The fraction of sp³-hybridized carbons (Fsp3) is 0.333. The van der Waals surface area contributed by atoms with Crippen molar-refractivity contribution >= 4 is 15.7 Å². The van der Waals surface area contributed by atoms with Crippen LogP contribution in [0.5, 0.6) is 5.75 Å². The molecular weight excluding hydrogens is 359 g/mol. The van der Waals surface area contributed by atoms with Gasteiger partial charge in [-0.1, -0.05) is 12.1 Å². The lowest BCUT2D eigenvalue weighted by Crippen LogP contribution is -2.22. The lowest BCUT2D eigenvalue weighted by Gasteiger charge is -2.15. The van der Waals surface area contributed by atoms with Gasteiger partial charge in [-0.2, -0.15) is 13.2 Å². The smallest absolute Gasteiger partial charge is 0.405 e. The maximum atomic E-state index is 12.4. The summed E-state index contributed by atoms with van der Waals surface area (Å²) in [6.07, 6.45) is -0.796. The molecule has 0 bridgehead atoms. The molecule has 1 N–H and O–H groups in total. The number of nitrogens with zero attached hydrogens (tertiary/aromatic N) is 2. The second-order valence-corrected chi connectivity index (χ2v) is 7.50. The minimum Gasteiger partial charge on any atom is -0.496 e. The first-order valence-electron chi connectivity index (χ1n) is 7.05. The third-order valence-corrected chi connectivity index (χ3v) is 4.01. The van der Waals surface area contributed by atoms with Crippen molar-refractivity contribution in [2.24, 2.45) is 0 Å². The number of nitrogens with one attached hydrogen (secondary N) is 1. The van der Waals surface area contributed by atoms with Gasteiger partial charge in [0.25, 0.3) is 0 Å². The number of hydrogen-bond donors (Lipinski definition) is 1. The van der Waals surface area contributed by atoms with Crippen molar-refractivity contribution in [2.45, 2.75) is 11.9 Å². The van der Waals surface area contributed by atoms with E-state index in [1.54, 1.807) is 12.1 Å². The van der Waals surface area contributed by atoms with E-state index in [2.05, 4.69) is 15.3 Å². The average molecular weight is 375 g/mol. The topological polar surface area (TPSA) is 81.2 Å². The van der Waals surface area contributed by atoms with Crippen molar-refractivity contribution in [3.05, 3.63) is 36.3 Å². The van der Waals surface area contributed by atoms with Crippen LogP contribution in [0.1, 0.15) is 5.56 Å². The van der Waals surface area contributed by atoms with Crippen molar-refractivity contribution in [2.75, 3.05) is 25.2 Å². The van der Waals surface area contributed by atoms with E-state index in [9.17, 15) is 21.6 Å². The summed E-state index contributed by atoms with van der Waals surface area (Å²) in [5.41, 5.74) is 1.27. The van der Waals surface area contributed by atoms with Crippen LogP contribution in [0.15, 0.2) is 30.7 Å². The van der Waals surface area contributed by atoms with Gasteiger partial charge in [-0.05, 0) is 11.6 Å². The maximum absolute atomic E-state index is 12.4. The highest BCUT2D eigenvalue weighted by Crippen LogP contribution is 2.34. The van der Waals surface area contributed by atoms with Crippen molar-refractivity contribution < 1.29 is 26.3 Å². The molecule has 0 spiro atoms. The first kappa shape index (κ1) is 19.0. The van der Waals surface area contributed by atoms with Gasteiger partial charge in [0.15, 0.2) is 9.84 Å². The van der Waals surface area contributed by atoms with Gasteiger partial charge in [0.2, 0.25) is 0 Å². The molecule has 1 aromatic heterocycles. The predicted molar refractivity (Wildman–Crippen MR) is 87.1 cm³/mol. The van der Waals surface area contributed by atoms with Crippen molar-refractivity contribution in [1.29, 1.82) is 0 Å². The highest BCUT2D eigenvalue weighted by atomic mass is 32.2. The molecule has 0 saturated heterocycles. The summed E-state index contributed by atoms with van der Waals surface area (Å²) < 4.78 is 65.4. The van der Waals surface area contributed by atoms with Gasteiger partial charge in [0.05, 0.1) is 12.9 Å². The lowest BCUT2D eigenvalue weighted by atomic mass is 10.0. The van der Waals surface area contributed by atoms with Crippen molar-refractivity contribution in [3.8, 4) is 16.9 Å². The Morgan fingerprint density at radius 3 is 2.56 bits per heavy atom. The van der Waals surface area contributed by atoms with E-state index in [-0.39, 0.29) is 11.6 Å². The van der Waals surface area contributed by atoms with Crippen molar-refractivity contribution in [3.63, 3.8) is 0 Å². The Labute approximate surface area is 143 Å². The van der Waals surface area contributed by atoms with Gasteiger partial charge >= 0.3 is 6.18 Å². The zero-order chi connectivity index (χ0) is 18.7. The van der Waals surface area contributed by atoms with Gasteiger partial charge in [-0.15, -0.1) is 0 Å². The van der Waals surface area contributed by atoms with Gasteiger partial charge in [-0.3, -0.25) is 0 Å². The molecule has 1 heterocycles. The number of aromatic nitrogens is 2. The molecule has 136 valence electrons. The summed E-state index contributed by atoms with van der Waals surface area (Å²) >= 11 is 0. The maximum Gasteiger partial charge on any atom is 0.405 e. The number of halogens is 3. The Balaban J connectivity index is 2.41. The number of sulfone groups is 1. The van der Waals surface area contributed by atoms with Gasteiger partial charge in [0.1, 0.15) is 24.4 Å². The van der Waals surface area contributed by atoms with Crippen LogP contribution >= 0.6 is 0 Å². The molecule has 0 fully saturated rings. The number of rotatable bonds is 6. The zero-order valence-electron chi connectivity index (χ0n) is 13.5. The molecular formula is C15H16F3N3O3S. The van der Waals surface area contributed by atoms with Crippen LogP contribution in [0.3, 0.4) is 0 Å². The molecule has 2 rings (SSSR count). The molecule has 10 heteroatoms. The monoisotopic (exact) mass is 375 g/mol. The zero-order valence-corrected chi connectivity index (χ0v) is 14.3. The van der Waals surface area contributed by atoms with Crippen molar-refractivity contribution in [1.82, 2.24) is 9.97 Å². The molecule has 6 nitrogen and oxygen atoms in total. The SMILES string of the molecule is COc1cc(CS(C)(=O)=O)ccc1-c1cncnc1NCC(F)(F)F. The quantitative estimate of drug-likeness (QED) is 0.836. The van der Waals surface area contributed by atoms with Crippen LogP contribution in [0.25, 0.3) is 11.1 Å². The van der Waals surface area contributed by atoms with E-state index in [4.69, 9.17) is 4.74 Å². The highest BCUT2D eigenvalue weighted by molar-refractivity contribution is 7.89. The normalized spacial score (nSPS) is 12.0. The fourth-order valence-electron chi connectivity index (χ4n) is 2.20. The molecule has 0 atom stereocenters. The average Bonchev–Trinajstić information content (AvgIpc) is 2.51. The Morgan fingerprint density at radius 1 is 1.24 bits per heavy atom. The Hall–Kier alpha value is -2.36. The number of anilines is 1. The van der Waals surface area contributed by atoms with E-state index in [0.717, 1.165) is 12.6 Å². The summed E-state index contributed by atoms with van der Waals surface area (Å²) in [7, 11) is -1.85. The number of alkyl halides is 3. The summed E-state index contributed by atoms with van der Waals surface area (Å²) in [5.74, 6) is 0.140. The molecule has 2 aromatic rings. The van der Waals surface area contributed by atoms with E-state index in [1.807, 2.05) is 0 Å². The molecule has 1 aromatic carbocycles. The van der Waals surface area contributed by atoms with Crippen LogP contribution in [-0.2, 0) is 15.6 Å². The second-order valence-electron chi connectivity index (χ2n) is 5.36. The summed E-state index contributed by atoms with van der Waals surface area (Å²) in [6.45, 7) is -1.24. The molecule has 25 heavy (non-hydrogen) atoms. The largest absolute Gasteiger partial charge is 0.496 e. The molecule has 0 radical (unpaired) electrons. The van der Waals surface area contributed by atoms with Crippen LogP contribution in [0.2, 0.25) is 0 Å². The van der Waals surface area contributed by atoms with Gasteiger partial charge in [0, 0.05) is 23.6 Å². The third kappa shape index (κ3) is 5.59. The molecule has 0 amide bonds. The minimum atomic E-state index is -4.40. The Kier molecular flexibility index (Phi) is 5.51. The highest BCUT2D eigenvalue weighted by Gasteiger charge is 2.27.